The zero-order valence-corrected chi connectivity index (χ0v) is 19.3. The molecule has 0 heterocycles. The largest absolute Gasteiger partial charge is 0.493 e. The summed E-state index contributed by atoms with van der Waals surface area (Å²) in [5.74, 6) is 3.84. The molecule has 7 nitrogen and oxygen atoms in total. The summed E-state index contributed by atoms with van der Waals surface area (Å²) in [6.07, 6.45) is 1.57. The Hall–Kier alpha value is -4.13. The Kier molecular flexibility index (Phi) is 8.18. The highest BCUT2D eigenvalue weighted by Crippen LogP contribution is 2.32. The second kappa shape index (κ2) is 11.5. The van der Waals surface area contributed by atoms with Crippen molar-refractivity contribution in [2.45, 2.75) is 6.92 Å². The fourth-order valence-corrected chi connectivity index (χ4v) is 2.90. The molecule has 0 saturated carbocycles. The van der Waals surface area contributed by atoms with Crippen LogP contribution in [0.1, 0.15) is 6.92 Å². The zero-order chi connectivity index (χ0) is 23.6. The number of methoxy groups -OCH3 is 4. The molecule has 0 aliphatic carbocycles. The Bertz CT molecular complexity index is 1120. The molecule has 0 aromatic heterocycles. The van der Waals surface area contributed by atoms with Crippen molar-refractivity contribution >= 4 is 11.6 Å². The van der Waals surface area contributed by atoms with E-state index in [1.54, 1.807) is 71.1 Å². The Morgan fingerprint density at radius 1 is 0.667 bits per heavy atom. The van der Waals surface area contributed by atoms with Gasteiger partial charge in [-0.2, -0.15) is 0 Å². The van der Waals surface area contributed by atoms with Gasteiger partial charge in [0.2, 0.25) is 5.90 Å². The summed E-state index contributed by atoms with van der Waals surface area (Å²) < 4.78 is 33.2. The summed E-state index contributed by atoms with van der Waals surface area (Å²) in [6.45, 7) is 1.85. The van der Waals surface area contributed by atoms with E-state index >= 15 is 0 Å². The maximum absolute atomic E-state index is 6.11. The van der Waals surface area contributed by atoms with E-state index in [2.05, 4.69) is 4.99 Å². The minimum atomic E-state index is 0.369. The molecule has 172 valence electrons. The van der Waals surface area contributed by atoms with Crippen LogP contribution < -0.4 is 28.4 Å². The average molecular weight is 450 g/mol. The summed E-state index contributed by atoms with van der Waals surface area (Å²) in [5, 5.41) is 0. The number of rotatable bonds is 9. The van der Waals surface area contributed by atoms with Gasteiger partial charge in [-0.25, -0.2) is 4.99 Å². The number of nitrogens with zero attached hydrogens (tertiary/aromatic N) is 1. The van der Waals surface area contributed by atoms with Crippen LogP contribution in [0.5, 0.6) is 34.5 Å². The Labute approximate surface area is 193 Å². The molecular weight excluding hydrogens is 422 g/mol. The third-order valence-corrected chi connectivity index (χ3v) is 4.62. The van der Waals surface area contributed by atoms with Crippen LogP contribution in [0.25, 0.3) is 0 Å². The molecule has 0 aliphatic rings. The molecule has 3 rings (SSSR count). The number of hydrogen-bond donors (Lipinski definition) is 0. The third-order valence-electron chi connectivity index (χ3n) is 4.62. The van der Waals surface area contributed by atoms with Gasteiger partial charge in [0, 0.05) is 17.7 Å². The summed E-state index contributed by atoms with van der Waals surface area (Å²) >= 11 is 0. The van der Waals surface area contributed by atoms with E-state index in [0.29, 0.717) is 46.0 Å². The highest BCUT2D eigenvalue weighted by Gasteiger charge is 2.12. The van der Waals surface area contributed by atoms with E-state index < -0.39 is 0 Å². The van der Waals surface area contributed by atoms with Gasteiger partial charge in [-0.05, 0) is 43.3 Å². The van der Waals surface area contributed by atoms with Crippen molar-refractivity contribution in [2.24, 2.45) is 4.99 Å². The molecule has 0 aliphatic heterocycles. The van der Waals surface area contributed by atoms with Gasteiger partial charge >= 0.3 is 0 Å². The zero-order valence-electron chi connectivity index (χ0n) is 19.3. The van der Waals surface area contributed by atoms with Gasteiger partial charge in [-0.15, -0.1) is 0 Å². The molecule has 0 fully saturated rings. The van der Waals surface area contributed by atoms with Crippen LogP contribution in [0.4, 0.5) is 5.69 Å². The van der Waals surface area contributed by atoms with Crippen LogP contribution in [0, 0.1) is 0 Å². The minimum Gasteiger partial charge on any atom is -0.493 e. The highest BCUT2D eigenvalue weighted by molar-refractivity contribution is 5.96. The second-order valence-corrected chi connectivity index (χ2v) is 6.81. The Morgan fingerprint density at radius 2 is 1.21 bits per heavy atom. The van der Waals surface area contributed by atoms with Gasteiger partial charge in [0.1, 0.15) is 11.5 Å². The molecule has 33 heavy (non-hydrogen) atoms. The molecule has 7 heteroatoms. The quantitative estimate of drug-likeness (QED) is 0.233. The molecule has 0 N–H and O–H groups in total. The van der Waals surface area contributed by atoms with Gasteiger partial charge in [0.25, 0.3) is 0 Å². The summed E-state index contributed by atoms with van der Waals surface area (Å²) in [5.41, 5.74) is 1.41. The molecule has 0 saturated heterocycles. The van der Waals surface area contributed by atoms with Crippen LogP contribution in [-0.2, 0) is 0 Å². The van der Waals surface area contributed by atoms with Crippen LogP contribution in [0.3, 0.4) is 0 Å². The monoisotopic (exact) mass is 449 g/mol. The van der Waals surface area contributed by atoms with Gasteiger partial charge in [-0.3, -0.25) is 0 Å². The van der Waals surface area contributed by atoms with Gasteiger partial charge in [0.15, 0.2) is 23.0 Å². The lowest BCUT2D eigenvalue weighted by atomic mass is 10.2. The van der Waals surface area contributed by atoms with Crippen LogP contribution in [0.2, 0.25) is 0 Å². The van der Waals surface area contributed by atoms with Crippen molar-refractivity contribution in [3.8, 4) is 34.5 Å². The van der Waals surface area contributed by atoms with E-state index in [1.165, 1.54) is 0 Å². The van der Waals surface area contributed by atoms with Crippen LogP contribution in [-0.4, -0.2) is 34.3 Å². The molecular formula is C26H27NO6. The molecule has 0 bridgehead atoms. The lowest BCUT2D eigenvalue weighted by Gasteiger charge is -2.13. The second-order valence-electron chi connectivity index (χ2n) is 6.81. The van der Waals surface area contributed by atoms with E-state index in [-0.39, 0.29) is 0 Å². The van der Waals surface area contributed by atoms with Crippen molar-refractivity contribution in [1.29, 1.82) is 0 Å². The van der Waals surface area contributed by atoms with Gasteiger partial charge < -0.3 is 28.4 Å². The molecule has 0 amide bonds. The van der Waals surface area contributed by atoms with Gasteiger partial charge in [0.05, 0.1) is 40.4 Å². The number of hydrogen-bond acceptors (Lipinski definition) is 7. The van der Waals surface area contributed by atoms with Crippen molar-refractivity contribution in [3.05, 3.63) is 78.6 Å². The first kappa shape index (κ1) is 23.5. The number of para-hydroxylation sites is 1. The smallest absolute Gasteiger partial charge is 0.225 e. The maximum Gasteiger partial charge on any atom is 0.225 e. The highest BCUT2D eigenvalue weighted by atomic mass is 16.5. The lowest BCUT2D eigenvalue weighted by molar-refractivity contribution is 0.352. The third kappa shape index (κ3) is 6.20. The number of aliphatic imine (C=N–C) groups is 1. The first-order valence-corrected chi connectivity index (χ1v) is 10.2. The fraction of sp³-hybridized carbons (Fsp3) is 0.192. The van der Waals surface area contributed by atoms with E-state index in [4.69, 9.17) is 28.4 Å². The molecule has 3 aromatic carbocycles. The van der Waals surface area contributed by atoms with Crippen molar-refractivity contribution in [3.63, 3.8) is 0 Å². The predicted octanol–water partition coefficient (Wildman–Crippen LogP) is 5.81. The maximum atomic E-state index is 6.11. The molecule has 0 spiro atoms. The first-order valence-electron chi connectivity index (χ1n) is 10.2. The Morgan fingerprint density at radius 3 is 1.79 bits per heavy atom. The number of benzene rings is 3. The Balaban J connectivity index is 1.90. The average Bonchev–Trinajstić information content (AvgIpc) is 2.87. The standard InChI is InChI=1S/C26H27NO6/c1-18(17-32-20-11-13-22(28-2)24(15-20)30-4)26(27-19-9-7-6-8-10-19)33-21-12-14-23(29-3)25(16-21)31-5/h6-17H,1-5H3. The molecule has 0 radical (unpaired) electrons. The molecule has 0 unspecified atom stereocenters. The van der Waals surface area contributed by atoms with E-state index in [9.17, 15) is 0 Å². The van der Waals surface area contributed by atoms with Crippen molar-refractivity contribution in [2.75, 3.05) is 28.4 Å². The first-order chi connectivity index (χ1) is 16.1. The van der Waals surface area contributed by atoms with Crippen molar-refractivity contribution in [1.82, 2.24) is 0 Å². The van der Waals surface area contributed by atoms with Crippen molar-refractivity contribution < 1.29 is 28.4 Å². The predicted molar refractivity (Wildman–Crippen MR) is 128 cm³/mol. The minimum absolute atomic E-state index is 0.369. The number of ether oxygens (including phenoxy) is 6. The van der Waals surface area contributed by atoms with Crippen LogP contribution >= 0.6 is 0 Å². The van der Waals surface area contributed by atoms with Crippen LogP contribution in [0.15, 0.2) is 83.6 Å². The fourth-order valence-electron chi connectivity index (χ4n) is 2.90. The van der Waals surface area contributed by atoms with E-state index in [0.717, 1.165) is 5.69 Å². The molecule has 3 aromatic rings. The lowest BCUT2D eigenvalue weighted by Crippen LogP contribution is -2.11. The normalized spacial score (nSPS) is 11.5. The van der Waals surface area contributed by atoms with Gasteiger partial charge in [-0.1, -0.05) is 18.2 Å². The summed E-state index contributed by atoms with van der Waals surface area (Å²) in [6, 6.07) is 20.1. The van der Waals surface area contributed by atoms with E-state index in [1.807, 2.05) is 37.3 Å². The molecule has 0 atom stereocenters. The topological polar surface area (TPSA) is 67.7 Å². The SMILES string of the molecule is COc1ccc(OC=C(C)C(=Nc2ccccc2)Oc2ccc(OC)c(OC)c2)cc1OC. The summed E-state index contributed by atoms with van der Waals surface area (Å²) in [7, 11) is 6.31. The summed E-state index contributed by atoms with van der Waals surface area (Å²) in [4.78, 5) is 4.65.